The minimum absolute atomic E-state index is 0.652. The third-order valence-electron chi connectivity index (χ3n) is 7.87. The van der Waals surface area contributed by atoms with E-state index in [-0.39, 0.29) is 0 Å². The van der Waals surface area contributed by atoms with Crippen LogP contribution in [-0.2, 0) is 0 Å². The number of hydrogen-bond acceptors (Lipinski definition) is 3. The molecule has 0 aliphatic rings. The van der Waals surface area contributed by atoms with Crippen LogP contribution in [0.4, 0.5) is 0 Å². The summed E-state index contributed by atoms with van der Waals surface area (Å²) < 4.78 is 0. The van der Waals surface area contributed by atoms with Crippen molar-refractivity contribution in [3.63, 3.8) is 0 Å². The molecule has 0 fully saturated rings. The van der Waals surface area contributed by atoms with Crippen LogP contribution in [0.1, 0.15) is 0 Å². The van der Waals surface area contributed by atoms with E-state index in [9.17, 15) is 0 Å². The first-order valence-electron chi connectivity index (χ1n) is 14.1. The van der Waals surface area contributed by atoms with Crippen LogP contribution in [0, 0.1) is 0 Å². The summed E-state index contributed by atoms with van der Waals surface area (Å²) in [6.45, 7) is 0. The van der Waals surface area contributed by atoms with Crippen molar-refractivity contribution < 1.29 is 0 Å². The zero-order valence-corrected chi connectivity index (χ0v) is 22.8. The van der Waals surface area contributed by atoms with Crippen molar-refractivity contribution in [2.45, 2.75) is 0 Å². The van der Waals surface area contributed by atoms with E-state index in [1.165, 1.54) is 32.5 Å². The molecule has 1 aromatic heterocycles. The predicted octanol–water partition coefficient (Wildman–Crippen LogP) is 10.00. The van der Waals surface area contributed by atoms with Crippen molar-refractivity contribution in [3.8, 4) is 45.3 Å². The molecule has 0 N–H and O–H groups in total. The molecule has 0 aliphatic carbocycles. The van der Waals surface area contributed by atoms with Crippen molar-refractivity contribution in [1.29, 1.82) is 0 Å². The minimum Gasteiger partial charge on any atom is -0.208 e. The Bertz CT molecular complexity index is 2250. The molecule has 1 heterocycles. The molecule has 3 nitrogen and oxygen atoms in total. The average Bonchev–Trinajstić information content (AvgIpc) is 3.08. The predicted molar refractivity (Wildman–Crippen MR) is 174 cm³/mol. The van der Waals surface area contributed by atoms with E-state index >= 15 is 0 Å². The third-order valence-corrected chi connectivity index (χ3v) is 7.87. The summed E-state index contributed by atoms with van der Waals surface area (Å²) in [6.07, 6.45) is 0. The first-order valence-corrected chi connectivity index (χ1v) is 14.1. The lowest BCUT2D eigenvalue weighted by Crippen LogP contribution is -2.00. The topological polar surface area (TPSA) is 38.7 Å². The van der Waals surface area contributed by atoms with Crippen molar-refractivity contribution in [3.05, 3.63) is 152 Å². The zero-order chi connectivity index (χ0) is 27.9. The monoisotopic (exact) mass is 535 g/mol. The van der Waals surface area contributed by atoms with E-state index in [0.29, 0.717) is 17.5 Å². The molecule has 0 spiro atoms. The normalized spacial score (nSPS) is 11.3. The number of benzene rings is 7. The fourth-order valence-electron chi connectivity index (χ4n) is 5.80. The van der Waals surface area contributed by atoms with Crippen LogP contribution < -0.4 is 0 Å². The first kappa shape index (κ1) is 24.2. The highest BCUT2D eigenvalue weighted by molar-refractivity contribution is 6.13. The molecule has 7 aromatic carbocycles. The second-order valence-electron chi connectivity index (χ2n) is 10.5. The lowest BCUT2D eigenvalue weighted by atomic mass is 9.92. The highest BCUT2D eigenvalue weighted by Crippen LogP contribution is 2.36. The van der Waals surface area contributed by atoms with Crippen LogP contribution in [0.2, 0.25) is 0 Å². The molecule has 0 aliphatic heterocycles. The molecule has 0 unspecified atom stereocenters. The lowest BCUT2D eigenvalue weighted by molar-refractivity contribution is 1.07. The molecule has 8 rings (SSSR count). The Balaban J connectivity index is 1.32. The summed E-state index contributed by atoms with van der Waals surface area (Å²) in [5.74, 6) is 1.97. The second kappa shape index (κ2) is 10.1. The van der Waals surface area contributed by atoms with E-state index in [1.807, 2.05) is 30.3 Å². The number of aromatic nitrogens is 3. The van der Waals surface area contributed by atoms with Crippen molar-refractivity contribution in [2.24, 2.45) is 0 Å². The molecule has 8 aromatic rings. The fourth-order valence-corrected chi connectivity index (χ4v) is 5.80. The van der Waals surface area contributed by atoms with E-state index in [1.54, 1.807) is 0 Å². The largest absolute Gasteiger partial charge is 0.208 e. The van der Waals surface area contributed by atoms with E-state index in [4.69, 9.17) is 15.0 Å². The van der Waals surface area contributed by atoms with Gasteiger partial charge in [-0.1, -0.05) is 133 Å². The van der Waals surface area contributed by atoms with Gasteiger partial charge in [-0.05, 0) is 61.6 Å². The molecule has 0 amide bonds. The molecule has 196 valence electrons. The highest BCUT2D eigenvalue weighted by Gasteiger charge is 2.14. The fraction of sp³-hybridized carbons (Fsp3) is 0. The second-order valence-corrected chi connectivity index (χ2v) is 10.5. The van der Waals surface area contributed by atoms with Gasteiger partial charge in [-0.2, -0.15) is 0 Å². The molecule has 0 saturated heterocycles. The van der Waals surface area contributed by atoms with Crippen LogP contribution in [0.25, 0.3) is 77.6 Å². The molecule has 0 radical (unpaired) electrons. The number of hydrogen-bond donors (Lipinski definition) is 0. The van der Waals surface area contributed by atoms with Crippen LogP contribution in [0.3, 0.4) is 0 Å². The molecule has 0 bridgehead atoms. The van der Waals surface area contributed by atoms with Crippen LogP contribution in [0.15, 0.2) is 152 Å². The van der Waals surface area contributed by atoms with Gasteiger partial charge in [0.1, 0.15) is 0 Å². The molecule has 0 saturated carbocycles. The lowest BCUT2D eigenvalue weighted by Gasteiger charge is -2.13. The van der Waals surface area contributed by atoms with E-state index in [2.05, 4.69) is 121 Å². The molecule has 3 heteroatoms. The van der Waals surface area contributed by atoms with Gasteiger partial charge < -0.3 is 0 Å². The van der Waals surface area contributed by atoms with Gasteiger partial charge in [0, 0.05) is 16.7 Å². The maximum Gasteiger partial charge on any atom is 0.164 e. The van der Waals surface area contributed by atoms with Crippen molar-refractivity contribution in [1.82, 2.24) is 15.0 Å². The van der Waals surface area contributed by atoms with Crippen molar-refractivity contribution in [2.75, 3.05) is 0 Å². The summed E-state index contributed by atoms with van der Waals surface area (Å²) in [5, 5.41) is 7.31. The highest BCUT2D eigenvalue weighted by atomic mass is 15.0. The van der Waals surface area contributed by atoms with Crippen molar-refractivity contribution >= 4 is 32.3 Å². The summed E-state index contributed by atoms with van der Waals surface area (Å²) in [4.78, 5) is 15.0. The van der Waals surface area contributed by atoms with E-state index < -0.39 is 0 Å². The Morgan fingerprint density at radius 2 is 0.833 bits per heavy atom. The summed E-state index contributed by atoms with van der Waals surface area (Å²) in [5.41, 5.74) is 5.19. The van der Waals surface area contributed by atoms with Gasteiger partial charge >= 0.3 is 0 Å². The summed E-state index contributed by atoms with van der Waals surface area (Å²) in [6, 6.07) is 52.9. The molecular formula is C39H25N3. The van der Waals surface area contributed by atoms with Gasteiger partial charge in [-0.25, -0.2) is 15.0 Å². The quantitative estimate of drug-likeness (QED) is 0.211. The van der Waals surface area contributed by atoms with Crippen LogP contribution in [-0.4, -0.2) is 15.0 Å². The Labute approximate surface area is 243 Å². The number of rotatable bonds is 4. The van der Waals surface area contributed by atoms with Gasteiger partial charge in [-0.3, -0.25) is 0 Å². The summed E-state index contributed by atoms with van der Waals surface area (Å²) >= 11 is 0. The zero-order valence-electron chi connectivity index (χ0n) is 22.8. The Morgan fingerprint density at radius 1 is 0.286 bits per heavy atom. The maximum absolute atomic E-state index is 5.03. The standard InChI is InChI=1S/C39H25N3/c1-2-12-27(13-3-1)37-40-38(42-39(41-37)32-22-21-26-11-4-5-14-28(26)23-32)31-17-10-16-29(24-31)36-25-30-15-6-7-18-33(30)34-19-8-9-20-35(34)36/h1-25H. The van der Waals surface area contributed by atoms with Gasteiger partial charge in [0.25, 0.3) is 0 Å². The average molecular weight is 536 g/mol. The smallest absolute Gasteiger partial charge is 0.164 e. The van der Waals surface area contributed by atoms with Gasteiger partial charge in [0.2, 0.25) is 0 Å². The first-order chi connectivity index (χ1) is 20.8. The Morgan fingerprint density at radius 3 is 1.62 bits per heavy atom. The molecular weight excluding hydrogens is 510 g/mol. The van der Waals surface area contributed by atoms with Crippen LogP contribution >= 0.6 is 0 Å². The third kappa shape index (κ3) is 4.29. The molecule has 42 heavy (non-hydrogen) atoms. The summed E-state index contributed by atoms with van der Waals surface area (Å²) in [7, 11) is 0. The number of nitrogens with zero attached hydrogens (tertiary/aromatic N) is 3. The Hall–Kier alpha value is -5.67. The van der Waals surface area contributed by atoms with Crippen LogP contribution in [0.5, 0.6) is 0 Å². The van der Waals surface area contributed by atoms with Gasteiger partial charge in [0.15, 0.2) is 17.5 Å². The van der Waals surface area contributed by atoms with E-state index in [0.717, 1.165) is 27.6 Å². The Kier molecular flexibility index (Phi) is 5.79. The van der Waals surface area contributed by atoms with Gasteiger partial charge in [0.05, 0.1) is 0 Å². The SMILES string of the molecule is c1ccc(-c2nc(-c3cccc(-c4cc5ccccc5c5ccccc45)c3)nc(-c3ccc4ccccc4c3)n2)cc1. The molecule has 0 atom stereocenters. The number of fused-ring (bicyclic) bond motifs is 4. The minimum atomic E-state index is 0.652. The maximum atomic E-state index is 5.03. The van der Waals surface area contributed by atoms with Gasteiger partial charge in [-0.15, -0.1) is 0 Å².